The van der Waals surface area contributed by atoms with Gasteiger partial charge in [-0.3, -0.25) is 4.90 Å². The van der Waals surface area contributed by atoms with Crippen LogP contribution in [0.15, 0.2) is 6.33 Å². The zero-order chi connectivity index (χ0) is 12.4. The lowest BCUT2D eigenvalue weighted by atomic mass is 10.00. The normalized spacial score (nSPS) is 19.1. The lowest BCUT2D eigenvalue weighted by Crippen LogP contribution is -2.34. The lowest BCUT2D eigenvalue weighted by Gasteiger charge is -2.29. The summed E-state index contributed by atoms with van der Waals surface area (Å²) in [7, 11) is 0. The van der Waals surface area contributed by atoms with Crippen molar-refractivity contribution in [3.05, 3.63) is 11.1 Å². The molecule has 1 aliphatic rings. The number of likely N-dealkylation sites (tertiary alicyclic amines) is 1. The van der Waals surface area contributed by atoms with Crippen molar-refractivity contribution in [3.63, 3.8) is 0 Å². The van der Waals surface area contributed by atoms with E-state index in [1.54, 1.807) is 0 Å². The molecule has 1 saturated heterocycles. The minimum atomic E-state index is 0.387. The van der Waals surface area contributed by atoms with Crippen LogP contribution in [0.3, 0.4) is 0 Å². The molecule has 1 aliphatic heterocycles. The van der Waals surface area contributed by atoms with E-state index in [1.807, 2.05) is 15.6 Å². The molecule has 0 aliphatic carbocycles. The van der Waals surface area contributed by atoms with Crippen LogP contribution in [0.25, 0.3) is 0 Å². The number of hydrogen-bond acceptors (Lipinski definition) is 3. The molecule has 5 heteroatoms. The van der Waals surface area contributed by atoms with Crippen LogP contribution in [0, 0.1) is 10.7 Å². The second-order valence-electron chi connectivity index (χ2n) is 5.36. The van der Waals surface area contributed by atoms with Crippen molar-refractivity contribution in [2.45, 2.75) is 46.3 Å². The Kier molecular flexibility index (Phi) is 3.99. The molecule has 0 unspecified atom stereocenters. The Labute approximate surface area is 108 Å². The van der Waals surface area contributed by atoms with E-state index in [1.165, 1.54) is 12.8 Å². The Morgan fingerprint density at radius 2 is 2.06 bits per heavy atom. The van der Waals surface area contributed by atoms with Gasteiger partial charge in [-0.25, -0.2) is 4.68 Å². The molecule has 0 radical (unpaired) electrons. The molecular formula is C12H22N4S. The van der Waals surface area contributed by atoms with E-state index in [-0.39, 0.29) is 0 Å². The van der Waals surface area contributed by atoms with E-state index in [4.69, 9.17) is 12.2 Å². The number of nitrogens with zero attached hydrogens (tertiary/aromatic N) is 4. The first-order valence-corrected chi connectivity index (χ1v) is 6.85. The van der Waals surface area contributed by atoms with Crippen LogP contribution in [-0.4, -0.2) is 32.3 Å². The summed E-state index contributed by atoms with van der Waals surface area (Å²) in [6.07, 6.45) is 4.43. The van der Waals surface area contributed by atoms with Crippen LogP contribution < -0.4 is 0 Å². The van der Waals surface area contributed by atoms with Crippen molar-refractivity contribution < 1.29 is 0 Å². The third kappa shape index (κ3) is 2.96. The summed E-state index contributed by atoms with van der Waals surface area (Å²) in [6, 6.07) is 0.387. The van der Waals surface area contributed by atoms with Gasteiger partial charge in [-0.1, -0.05) is 6.92 Å². The van der Waals surface area contributed by atoms with E-state index in [9.17, 15) is 0 Å². The second kappa shape index (κ2) is 5.31. The van der Waals surface area contributed by atoms with Crippen LogP contribution in [-0.2, 0) is 6.67 Å². The zero-order valence-corrected chi connectivity index (χ0v) is 11.8. The van der Waals surface area contributed by atoms with Crippen LogP contribution in [0.1, 0.15) is 39.7 Å². The van der Waals surface area contributed by atoms with Gasteiger partial charge in [0.05, 0.1) is 6.67 Å². The molecule has 0 amide bonds. The van der Waals surface area contributed by atoms with Gasteiger partial charge in [0.25, 0.3) is 0 Å². The van der Waals surface area contributed by atoms with Crippen molar-refractivity contribution in [2.24, 2.45) is 5.92 Å². The standard InChI is InChI=1S/C12H22N4S/c1-10(2)15-8-13-16(12(15)17)9-14-6-4-11(3)5-7-14/h8,10-11H,4-7,9H2,1-3H3. The Morgan fingerprint density at radius 1 is 1.41 bits per heavy atom. The first-order valence-electron chi connectivity index (χ1n) is 6.44. The van der Waals surface area contributed by atoms with Crippen LogP contribution in [0.4, 0.5) is 0 Å². The average Bonchev–Trinajstić information content (AvgIpc) is 2.64. The molecule has 0 saturated carbocycles. The molecule has 0 spiro atoms. The molecule has 2 rings (SSSR count). The molecule has 1 aromatic rings. The van der Waals surface area contributed by atoms with Crippen LogP contribution in [0.5, 0.6) is 0 Å². The Bertz CT molecular complexity index is 412. The lowest BCUT2D eigenvalue weighted by molar-refractivity contribution is 0.145. The maximum absolute atomic E-state index is 5.43. The maximum atomic E-state index is 5.43. The van der Waals surface area contributed by atoms with Crippen molar-refractivity contribution in [3.8, 4) is 0 Å². The van der Waals surface area contributed by atoms with Crippen molar-refractivity contribution in [1.29, 1.82) is 0 Å². The highest BCUT2D eigenvalue weighted by atomic mass is 32.1. The molecule has 17 heavy (non-hydrogen) atoms. The number of hydrogen-bond donors (Lipinski definition) is 0. The van der Waals surface area contributed by atoms with Crippen LogP contribution in [0.2, 0.25) is 0 Å². The number of piperidine rings is 1. The molecule has 4 nitrogen and oxygen atoms in total. The summed E-state index contributed by atoms with van der Waals surface area (Å²) >= 11 is 5.43. The van der Waals surface area contributed by atoms with Gasteiger partial charge in [-0.2, -0.15) is 5.10 Å². The van der Waals surface area contributed by atoms with Gasteiger partial charge in [-0.15, -0.1) is 0 Å². The highest BCUT2D eigenvalue weighted by Gasteiger charge is 2.16. The van der Waals surface area contributed by atoms with Gasteiger partial charge in [0.1, 0.15) is 6.33 Å². The van der Waals surface area contributed by atoms with E-state index < -0.39 is 0 Å². The third-order valence-electron chi connectivity index (χ3n) is 3.52. The molecule has 1 aromatic heterocycles. The predicted molar refractivity (Wildman–Crippen MR) is 71.4 cm³/mol. The van der Waals surface area contributed by atoms with Gasteiger partial charge in [-0.05, 0) is 44.8 Å². The van der Waals surface area contributed by atoms with Crippen molar-refractivity contribution >= 4 is 12.2 Å². The monoisotopic (exact) mass is 254 g/mol. The van der Waals surface area contributed by atoms with Gasteiger partial charge in [0, 0.05) is 19.1 Å². The summed E-state index contributed by atoms with van der Waals surface area (Å²) in [5.74, 6) is 0.868. The quantitative estimate of drug-likeness (QED) is 0.776. The fourth-order valence-electron chi connectivity index (χ4n) is 2.19. The first-order chi connectivity index (χ1) is 8.08. The second-order valence-corrected chi connectivity index (χ2v) is 5.72. The fraction of sp³-hybridized carbons (Fsp3) is 0.833. The van der Waals surface area contributed by atoms with Gasteiger partial charge >= 0.3 is 0 Å². The Hall–Kier alpha value is -0.680. The van der Waals surface area contributed by atoms with E-state index in [0.717, 1.165) is 30.4 Å². The molecule has 96 valence electrons. The van der Waals surface area contributed by atoms with Crippen LogP contribution >= 0.6 is 12.2 Å². The Morgan fingerprint density at radius 3 is 2.59 bits per heavy atom. The topological polar surface area (TPSA) is 26.0 Å². The SMILES string of the molecule is CC1CCN(Cn2ncn(C(C)C)c2=S)CC1. The highest BCUT2D eigenvalue weighted by Crippen LogP contribution is 2.16. The van der Waals surface area contributed by atoms with E-state index in [2.05, 4.69) is 30.8 Å². The predicted octanol–water partition coefficient (Wildman–Crippen LogP) is 2.68. The molecule has 1 fully saturated rings. The molecular weight excluding hydrogens is 232 g/mol. The first kappa shape index (κ1) is 12.8. The maximum Gasteiger partial charge on any atom is 0.199 e. The third-order valence-corrected chi connectivity index (χ3v) is 3.95. The smallest absolute Gasteiger partial charge is 0.199 e. The summed E-state index contributed by atoms with van der Waals surface area (Å²) in [4.78, 5) is 2.44. The molecule has 0 bridgehead atoms. The van der Waals surface area contributed by atoms with Crippen molar-refractivity contribution in [1.82, 2.24) is 19.2 Å². The summed E-state index contributed by atoms with van der Waals surface area (Å²) < 4.78 is 4.81. The summed E-state index contributed by atoms with van der Waals surface area (Å²) in [5, 5.41) is 4.38. The van der Waals surface area contributed by atoms with E-state index in [0.29, 0.717) is 6.04 Å². The average molecular weight is 254 g/mol. The largest absolute Gasteiger partial charge is 0.304 e. The van der Waals surface area contributed by atoms with Gasteiger partial charge < -0.3 is 4.57 Å². The summed E-state index contributed by atoms with van der Waals surface area (Å²) in [6.45, 7) is 9.76. The number of aromatic nitrogens is 3. The highest BCUT2D eigenvalue weighted by molar-refractivity contribution is 7.71. The molecule has 0 aromatic carbocycles. The Balaban J connectivity index is 2.02. The van der Waals surface area contributed by atoms with Gasteiger partial charge in [0.2, 0.25) is 0 Å². The zero-order valence-electron chi connectivity index (χ0n) is 11.0. The van der Waals surface area contributed by atoms with E-state index >= 15 is 0 Å². The molecule has 0 N–H and O–H groups in total. The molecule has 2 heterocycles. The summed E-state index contributed by atoms with van der Waals surface area (Å²) in [5.41, 5.74) is 0. The van der Waals surface area contributed by atoms with Crippen molar-refractivity contribution in [2.75, 3.05) is 13.1 Å². The number of rotatable bonds is 3. The molecule has 0 atom stereocenters. The minimum absolute atomic E-state index is 0.387. The fourth-order valence-corrected chi connectivity index (χ4v) is 2.56. The van der Waals surface area contributed by atoms with Gasteiger partial charge in [0.15, 0.2) is 4.77 Å². The minimum Gasteiger partial charge on any atom is -0.304 e.